The van der Waals surface area contributed by atoms with E-state index in [9.17, 15) is 9.59 Å². The normalized spacial score (nSPS) is 18.5. The fourth-order valence-electron chi connectivity index (χ4n) is 2.94. The molecule has 0 radical (unpaired) electrons. The molecule has 1 fully saturated rings. The Morgan fingerprint density at radius 1 is 1.12 bits per heavy atom. The van der Waals surface area contributed by atoms with Gasteiger partial charge in [-0.3, -0.25) is 9.59 Å². The lowest BCUT2D eigenvalue weighted by Crippen LogP contribution is -2.29. The molecule has 0 spiro atoms. The van der Waals surface area contributed by atoms with Crippen LogP contribution in [0.5, 0.6) is 0 Å². The number of hydrogen-bond donors (Lipinski definition) is 1. The van der Waals surface area contributed by atoms with Gasteiger partial charge in [-0.1, -0.05) is 48.0 Å². The summed E-state index contributed by atoms with van der Waals surface area (Å²) in [5.41, 5.74) is 2.62. The molecule has 25 heavy (non-hydrogen) atoms. The van der Waals surface area contributed by atoms with Crippen LogP contribution in [-0.4, -0.2) is 23.8 Å². The molecule has 0 bridgehead atoms. The summed E-state index contributed by atoms with van der Waals surface area (Å²) in [5.74, 6) is -0.582. The minimum atomic E-state index is -0.260. The van der Waals surface area contributed by atoms with Gasteiger partial charge in [-0.2, -0.15) is 0 Å². The van der Waals surface area contributed by atoms with Crippen molar-refractivity contribution < 1.29 is 9.59 Å². The Balaban J connectivity index is 1.57. The van der Waals surface area contributed by atoms with Crippen molar-refractivity contribution in [1.29, 1.82) is 0 Å². The van der Waals surface area contributed by atoms with E-state index < -0.39 is 0 Å². The maximum atomic E-state index is 12.5. The van der Waals surface area contributed by atoms with Gasteiger partial charge in [0.25, 0.3) is 0 Å². The van der Waals surface area contributed by atoms with Crippen LogP contribution >= 0.6 is 11.6 Å². The summed E-state index contributed by atoms with van der Waals surface area (Å²) >= 11 is 6.08. The van der Waals surface area contributed by atoms with E-state index in [1.165, 1.54) is 0 Å². The summed E-state index contributed by atoms with van der Waals surface area (Å²) in [4.78, 5) is 26.6. The van der Waals surface area contributed by atoms with Gasteiger partial charge in [0.1, 0.15) is 0 Å². The zero-order chi connectivity index (χ0) is 18.0. The van der Waals surface area contributed by atoms with Gasteiger partial charge in [0.15, 0.2) is 0 Å². The Labute approximate surface area is 152 Å². The van der Waals surface area contributed by atoms with Crippen molar-refractivity contribution in [2.75, 3.05) is 12.4 Å². The predicted molar refractivity (Wildman–Crippen MR) is 99.3 cm³/mol. The Morgan fingerprint density at radius 2 is 1.84 bits per heavy atom. The molecule has 5 heteroatoms. The summed E-state index contributed by atoms with van der Waals surface area (Å²) in [6.07, 6.45) is 0.601. The number of nitrogens with zero attached hydrogens (tertiary/aromatic N) is 1. The van der Waals surface area contributed by atoms with Crippen molar-refractivity contribution in [3.05, 3.63) is 64.7 Å². The average molecular weight is 357 g/mol. The van der Waals surface area contributed by atoms with Gasteiger partial charge >= 0.3 is 0 Å². The standard InChI is InChI=1S/C20H21ClN2O2/c1-13-17(21)9-6-10-18(13)22-19(24)15-11-16(15)20(25)23(2)12-14-7-4-3-5-8-14/h3-10,15-16H,11-12H2,1-2H3,(H,22,24). The first-order valence-electron chi connectivity index (χ1n) is 8.32. The second-order valence-electron chi connectivity index (χ2n) is 6.53. The SMILES string of the molecule is Cc1c(Cl)cccc1NC(=O)C1CC1C(=O)N(C)Cc1ccccc1. The van der Waals surface area contributed by atoms with E-state index in [0.29, 0.717) is 23.7 Å². The molecule has 3 rings (SSSR count). The Morgan fingerprint density at radius 3 is 2.56 bits per heavy atom. The topological polar surface area (TPSA) is 49.4 Å². The maximum absolute atomic E-state index is 12.5. The number of carbonyl (C=O) groups excluding carboxylic acids is 2. The van der Waals surface area contributed by atoms with Gasteiger partial charge in [0.05, 0.1) is 11.8 Å². The quantitative estimate of drug-likeness (QED) is 0.883. The van der Waals surface area contributed by atoms with Gasteiger partial charge in [-0.15, -0.1) is 0 Å². The minimum absolute atomic E-state index is 0.0202. The summed E-state index contributed by atoms with van der Waals surface area (Å²) in [6, 6.07) is 15.2. The highest BCUT2D eigenvalue weighted by Gasteiger charge is 2.49. The van der Waals surface area contributed by atoms with Crippen LogP contribution in [0, 0.1) is 18.8 Å². The average Bonchev–Trinajstić information content (AvgIpc) is 3.40. The first-order valence-corrected chi connectivity index (χ1v) is 8.70. The van der Waals surface area contributed by atoms with Crippen molar-refractivity contribution >= 4 is 29.1 Å². The third-order valence-electron chi connectivity index (χ3n) is 4.61. The Hall–Kier alpha value is -2.33. The van der Waals surface area contributed by atoms with Gasteiger partial charge in [0.2, 0.25) is 11.8 Å². The van der Waals surface area contributed by atoms with Crippen LogP contribution in [0.4, 0.5) is 5.69 Å². The van der Waals surface area contributed by atoms with E-state index in [4.69, 9.17) is 11.6 Å². The lowest BCUT2D eigenvalue weighted by molar-refractivity contribution is -0.133. The molecule has 1 N–H and O–H groups in total. The van der Waals surface area contributed by atoms with Crippen LogP contribution in [0.15, 0.2) is 48.5 Å². The van der Waals surface area contributed by atoms with Crippen LogP contribution in [0.1, 0.15) is 17.5 Å². The van der Waals surface area contributed by atoms with Gasteiger partial charge in [-0.25, -0.2) is 0 Å². The molecule has 1 saturated carbocycles. The molecule has 2 unspecified atom stereocenters. The zero-order valence-corrected chi connectivity index (χ0v) is 15.1. The van der Waals surface area contributed by atoms with Crippen molar-refractivity contribution in [3.63, 3.8) is 0 Å². The van der Waals surface area contributed by atoms with Crippen molar-refractivity contribution in [2.24, 2.45) is 11.8 Å². The Bertz CT molecular complexity index is 792. The van der Waals surface area contributed by atoms with E-state index in [1.807, 2.05) is 43.3 Å². The second-order valence-corrected chi connectivity index (χ2v) is 6.94. The number of anilines is 1. The van der Waals surface area contributed by atoms with E-state index in [0.717, 1.165) is 11.1 Å². The third-order valence-corrected chi connectivity index (χ3v) is 5.02. The number of carbonyl (C=O) groups is 2. The number of nitrogens with one attached hydrogen (secondary N) is 1. The second kappa shape index (κ2) is 7.28. The fraction of sp³-hybridized carbons (Fsp3) is 0.300. The zero-order valence-electron chi connectivity index (χ0n) is 14.3. The molecule has 0 heterocycles. The Kier molecular flexibility index (Phi) is 5.09. The number of hydrogen-bond acceptors (Lipinski definition) is 2. The molecule has 1 aliphatic rings. The molecule has 2 aromatic carbocycles. The fourth-order valence-corrected chi connectivity index (χ4v) is 3.12. The predicted octanol–water partition coefficient (Wildman–Crippen LogP) is 3.88. The first-order chi connectivity index (χ1) is 12.0. The number of benzene rings is 2. The van der Waals surface area contributed by atoms with Crippen LogP contribution in [-0.2, 0) is 16.1 Å². The van der Waals surface area contributed by atoms with Gasteiger partial charge in [0, 0.05) is 24.3 Å². The van der Waals surface area contributed by atoms with E-state index in [-0.39, 0.29) is 23.7 Å². The molecule has 130 valence electrons. The summed E-state index contributed by atoms with van der Waals surface area (Å²) in [6.45, 7) is 2.42. The van der Waals surface area contributed by atoms with Crippen molar-refractivity contribution in [2.45, 2.75) is 19.9 Å². The van der Waals surface area contributed by atoms with E-state index in [2.05, 4.69) is 5.32 Å². The molecular formula is C20H21ClN2O2. The van der Waals surface area contributed by atoms with Crippen molar-refractivity contribution in [3.8, 4) is 0 Å². The van der Waals surface area contributed by atoms with Crippen molar-refractivity contribution in [1.82, 2.24) is 4.90 Å². The van der Waals surface area contributed by atoms with Crippen LogP contribution < -0.4 is 5.32 Å². The van der Waals surface area contributed by atoms with Gasteiger partial charge in [-0.05, 0) is 36.6 Å². The van der Waals surface area contributed by atoms with Gasteiger partial charge < -0.3 is 10.2 Å². The molecular weight excluding hydrogens is 336 g/mol. The molecule has 2 aromatic rings. The monoisotopic (exact) mass is 356 g/mol. The molecule has 1 aliphatic carbocycles. The number of amides is 2. The maximum Gasteiger partial charge on any atom is 0.228 e. The van der Waals surface area contributed by atoms with E-state index in [1.54, 1.807) is 24.1 Å². The summed E-state index contributed by atoms with van der Waals surface area (Å²) in [7, 11) is 1.78. The first kappa shape index (κ1) is 17.5. The number of rotatable bonds is 5. The lowest BCUT2D eigenvalue weighted by atomic mass is 10.2. The molecule has 4 nitrogen and oxygen atoms in total. The van der Waals surface area contributed by atoms with Crippen LogP contribution in [0.2, 0.25) is 5.02 Å². The summed E-state index contributed by atoms with van der Waals surface area (Å²) < 4.78 is 0. The molecule has 0 aromatic heterocycles. The molecule has 0 aliphatic heterocycles. The highest BCUT2D eigenvalue weighted by Crippen LogP contribution is 2.41. The number of halogens is 1. The summed E-state index contributed by atoms with van der Waals surface area (Å²) in [5, 5.41) is 3.51. The lowest BCUT2D eigenvalue weighted by Gasteiger charge is -2.17. The largest absolute Gasteiger partial charge is 0.341 e. The molecule has 2 atom stereocenters. The molecule has 2 amide bonds. The minimum Gasteiger partial charge on any atom is -0.341 e. The van der Waals surface area contributed by atoms with Crippen LogP contribution in [0.25, 0.3) is 0 Å². The highest BCUT2D eigenvalue weighted by atomic mass is 35.5. The van der Waals surface area contributed by atoms with Crippen LogP contribution in [0.3, 0.4) is 0 Å². The molecule has 0 saturated heterocycles. The van der Waals surface area contributed by atoms with E-state index >= 15 is 0 Å². The highest BCUT2D eigenvalue weighted by molar-refractivity contribution is 6.31. The third kappa shape index (κ3) is 4.02. The smallest absolute Gasteiger partial charge is 0.228 e.